The number of benzene rings is 1. The summed E-state index contributed by atoms with van der Waals surface area (Å²) in [5, 5.41) is 9.34. The van der Waals surface area contributed by atoms with Crippen molar-refractivity contribution in [2.45, 2.75) is 38.5 Å². The maximum absolute atomic E-state index is 12.9. The van der Waals surface area contributed by atoms with E-state index >= 15 is 0 Å². The third-order valence-electron chi connectivity index (χ3n) is 3.89. The Morgan fingerprint density at radius 1 is 1.19 bits per heavy atom. The Hall–Kier alpha value is -2.35. The van der Waals surface area contributed by atoms with Gasteiger partial charge in [0.05, 0.1) is 23.2 Å². The van der Waals surface area contributed by atoms with E-state index in [2.05, 4.69) is 22.7 Å². The van der Waals surface area contributed by atoms with Crippen molar-refractivity contribution in [2.75, 3.05) is 16.4 Å². The molecule has 1 aromatic heterocycles. The molecule has 26 heavy (non-hydrogen) atoms. The third kappa shape index (κ3) is 5.59. The summed E-state index contributed by atoms with van der Waals surface area (Å²) < 4.78 is 14.6. The smallest absolute Gasteiger partial charge is 0.238 e. The van der Waals surface area contributed by atoms with Gasteiger partial charge in [-0.15, -0.1) is 11.8 Å². The van der Waals surface area contributed by atoms with Crippen molar-refractivity contribution in [2.24, 2.45) is 0 Å². The lowest BCUT2D eigenvalue weighted by Gasteiger charge is -2.16. The lowest BCUT2D eigenvalue weighted by Crippen LogP contribution is -2.26. The summed E-state index contributed by atoms with van der Waals surface area (Å²) in [4.78, 5) is 24.3. The highest BCUT2D eigenvalue weighted by atomic mass is 32.2. The number of amides is 2. The van der Waals surface area contributed by atoms with Crippen LogP contribution in [0.25, 0.3) is 0 Å². The van der Waals surface area contributed by atoms with Crippen LogP contribution >= 0.6 is 11.8 Å². The molecule has 1 heterocycles. The zero-order valence-corrected chi connectivity index (χ0v) is 15.8. The fourth-order valence-corrected chi connectivity index (χ4v) is 2.86. The molecule has 0 bridgehead atoms. The number of nitrogens with zero attached hydrogens (tertiary/aromatic N) is 2. The first-order valence-electron chi connectivity index (χ1n) is 8.42. The molecule has 0 saturated carbocycles. The van der Waals surface area contributed by atoms with Crippen molar-refractivity contribution >= 4 is 35.1 Å². The molecule has 0 aliphatic carbocycles. The van der Waals surface area contributed by atoms with Crippen molar-refractivity contribution in [3.05, 3.63) is 42.3 Å². The fraction of sp³-hybridized carbons (Fsp3) is 0.389. The van der Waals surface area contributed by atoms with Crippen LogP contribution in [0.1, 0.15) is 33.2 Å². The van der Waals surface area contributed by atoms with Gasteiger partial charge in [-0.3, -0.25) is 9.59 Å². The monoisotopic (exact) mass is 378 g/mol. The van der Waals surface area contributed by atoms with Gasteiger partial charge in [0.15, 0.2) is 0 Å². The van der Waals surface area contributed by atoms with Crippen molar-refractivity contribution in [3.63, 3.8) is 0 Å². The Labute approximate surface area is 156 Å². The number of aromatic nitrogens is 2. The van der Waals surface area contributed by atoms with Gasteiger partial charge in [-0.1, -0.05) is 6.92 Å². The molecule has 0 aliphatic heterocycles. The SMILES string of the molecule is CCC(C)n1nccc1NC(=O)C(C)SCC(=O)Nc1ccc(F)cc1. The summed E-state index contributed by atoms with van der Waals surface area (Å²) in [6.07, 6.45) is 2.55. The number of halogens is 1. The zero-order valence-electron chi connectivity index (χ0n) is 15.0. The Balaban J connectivity index is 1.82. The molecule has 0 spiro atoms. The number of thioether (sulfide) groups is 1. The average molecular weight is 378 g/mol. The zero-order chi connectivity index (χ0) is 19.1. The minimum Gasteiger partial charge on any atom is -0.325 e. The van der Waals surface area contributed by atoms with Crippen molar-refractivity contribution in [1.82, 2.24) is 9.78 Å². The molecule has 1 aromatic carbocycles. The molecule has 2 unspecified atom stereocenters. The first kappa shape index (κ1) is 20.0. The molecule has 0 saturated heterocycles. The predicted molar refractivity (Wildman–Crippen MR) is 103 cm³/mol. The summed E-state index contributed by atoms with van der Waals surface area (Å²) in [7, 11) is 0. The van der Waals surface area contributed by atoms with E-state index in [-0.39, 0.29) is 29.4 Å². The average Bonchev–Trinajstić information content (AvgIpc) is 3.09. The molecule has 2 aromatic rings. The van der Waals surface area contributed by atoms with Gasteiger partial charge in [-0.05, 0) is 44.5 Å². The van der Waals surface area contributed by atoms with Gasteiger partial charge < -0.3 is 10.6 Å². The minimum atomic E-state index is -0.408. The highest BCUT2D eigenvalue weighted by molar-refractivity contribution is 8.01. The molecular formula is C18H23FN4O2S. The van der Waals surface area contributed by atoms with Crippen LogP contribution in [-0.2, 0) is 9.59 Å². The lowest BCUT2D eigenvalue weighted by molar-refractivity contribution is -0.115. The predicted octanol–water partition coefficient (Wildman–Crippen LogP) is 3.69. The second-order valence-corrected chi connectivity index (χ2v) is 7.24. The summed E-state index contributed by atoms with van der Waals surface area (Å²) in [5.41, 5.74) is 0.520. The number of hydrogen-bond acceptors (Lipinski definition) is 4. The molecule has 8 heteroatoms. The van der Waals surface area contributed by atoms with Crippen molar-refractivity contribution in [1.29, 1.82) is 0 Å². The van der Waals surface area contributed by atoms with E-state index < -0.39 is 5.25 Å². The second-order valence-electron chi connectivity index (χ2n) is 5.92. The largest absolute Gasteiger partial charge is 0.325 e. The minimum absolute atomic E-state index is 0.122. The number of carbonyl (C=O) groups is 2. The van der Waals surface area contributed by atoms with Crippen LogP contribution in [0.4, 0.5) is 15.9 Å². The fourth-order valence-electron chi connectivity index (χ4n) is 2.17. The molecule has 140 valence electrons. The topological polar surface area (TPSA) is 76.0 Å². The molecule has 0 fully saturated rings. The molecular weight excluding hydrogens is 355 g/mol. The first-order chi connectivity index (χ1) is 12.4. The van der Waals surface area contributed by atoms with Crippen LogP contribution < -0.4 is 10.6 Å². The normalized spacial score (nSPS) is 13.1. The Bertz CT molecular complexity index is 748. The number of anilines is 2. The standard InChI is InChI=1S/C18H23FN4O2S/c1-4-12(2)23-16(9-10-20-23)22-18(25)13(3)26-11-17(24)21-15-7-5-14(19)6-8-15/h5-10,12-13H,4,11H2,1-3H3,(H,21,24)(H,22,25). The number of rotatable bonds is 8. The molecule has 2 atom stereocenters. The molecule has 0 aliphatic rings. The van der Waals surface area contributed by atoms with Crippen LogP contribution in [0.5, 0.6) is 0 Å². The van der Waals surface area contributed by atoms with Gasteiger partial charge in [0.2, 0.25) is 11.8 Å². The summed E-state index contributed by atoms with van der Waals surface area (Å²) in [5.74, 6) is -0.0243. The summed E-state index contributed by atoms with van der Waals surface area (Å²) in [6, 6.07) is 7.47. The van der Waals surface area contributed by atoms with Gasteiger partial charge >= 0.3 is 0 Å². The van der Waals surface area contributed by atoms with Crippen LogP contribution in [0.2, 0.25) is 0 Å². The quantitative estimate of drug-likeness (QED) is 0.734. The Morgan fingerprint density at radius 3 is 2.54 bits per heavy atom. The van der Waals surface area contributed by atoms with Gasteiger partial charge in [-0.2, -0.15) is 5.10 Å². The van der Waals surface area contributed by atoms with Crippen molar-refractivity contribution in [3.8, 4) is 0 Å². The first-order valence-corrected chi connectivity index (χ1v) is 9.47. The number of carbonyl (C=O) groups excluding carboxylic acids is 2. The molecule has 2 N–H and O–H groups in total. The molecule has 0 radical (unpaired) electrons. The maximum Gasteiger partial charge on any atom is 0.238 e. The maximum atomic E-state index is 12.9. The Morgan fingerprint density at radius 2 is 1.88 bits per heavy atom. The van der Waals surface area contributed by atoms with Gasteiger partial charge in [0, 0.05) is 11.8 Å². The van der Waals surface area contributed by atoms with E-state index in [4.69, 9.17) is 0 Å². The highest BCUT2D eigenvalue weighted by Gasteiger charge is 2.18. The van der Waals surface area contributed by atoms with Crippen LogP contribution in [-0.4, -0.2) is 32.6 Å². The van der Waals surface area contributed by atoms with Gasteiger partial charge in [0.25, 0.3) is 0 Å². The van der Waals surface area contributed by atoms with Crippen LogP contribution in [0, 0.1) is 5.82 Å². The van der Waals surface area contributed by atoms with E-state index in [1.807, 2.05) is 6.92 Å². The van der Waals surface area contributed by atoms with Crippen LogP contribution in [0.15, 0.2) is 36.5 Å². The number of hydrogen-bond donors (Lipinski definition) is 2. The molecule has 2 rings (SSSR count). The van der Waals surface area contributed by atoms with E-state index in [1.54, 1.807) is 23.9 Å². The van der Waals surface area contributed by atoms with Gasteiger partial charge in [-0.25, -0.2) is 9.07 Å². The van der Waals surface area contributed by atoms with Crippen molar-refractivity contribution < 1.29 is 14.0 Å². The van der Waals surface area contributed by atoms with Crippen LogP contribution in [0.3, 0.4) is 0 Å². The van der Waals surface area contributed by atoms with E-state index in [0.29, 0.717) is 11.5 Å². The molecule has 2 amide bonds. The number of nitrogens with one attached hydrogen (secondary N) is 2. The third-order valence-corrected chi connectivity index (χ3v) is 5.03. The summed E-state index contributed by atoms with van der Waals surface area (Å²) >= 11 is 1.23. The second kappa shape index (κ2) is 9.38. The van der Waals surface area contributed by atoms with E-state index in [1.165, 1.54) is 36.0 Å². The molecule has 6 nitrogen and oxygen atoms in total. The van der Waals surface area contributed by atoms with E-state index in [0.717, 1.165) is 6.42 Å². The lowest BCUT2D eigenvalue weighted by atomic mass is 10.3. The van der Waals surface area contributed by atoms with Gasteiger partial charge in [0.1, 0.15) is 11.6 Å². The van der Waals surface area contributed by atoms with E-state index in [9.17, 15) is 14.0 Å². The highest BCUT2D eigenvalue weighted by Crippen LogP contribution is 2.19. The summed E-state index contributed by atoms with van der Waals surface area (Å²) in [6.45, 7) is 5.83. The Kier molecular flexibility index (Phi) is 7.20.